The number of halogens is 6. The molecule has 3 rings (SSSR count). The highest BCUT2D eigenvalue weighted by atomic mass is 32.1. The maximum absolute atomic E-state index is 12.4. The Morgan fingerprint density at radius 1 is 1.12 bits per heavy atom. The first-order chi connectivity index (χ1) is 14.8. The third-order valence-electron chi connectivity index (χ3n) is 4.17. The number of hydrogen-bond acceptors (Lipinski definition) is 7. The number of hydrogen-bond donors (Lipinski definition) is 4. The molecule has 178 valence electrons. The summed E-state index contributed by atoms with van der Waals surface area (Å²) in [5.74, 6) is -3.20. The van der Waals surface area contributed by atoms with Gasteiger partial charge >= 0.3 is 18.3 Å². The van der Waals surface area contributed by atoms with E-state index >= 15 is 0 Å². The zero-order valence-corrected chi connectivity index (χ0v) is 16.8. The summed E-state index contributed by atoms with van der Waals surface area (Å²) in [6, 6.07) is -0.452. The van der Waals surface area contributed by atoms with Crippen LogP contribution in [-0.2, 0) is 20.6 Å². The van der Waals surface area contributed by atoms with Crippen molar-refractivity contribution in [2.75, 3.05) is 11.9 Å². The minimum absolute atomic E-state index is 0.104. The van der Waals surface area contributed by atoms with E-state index in [1.165, 1.54) is 6.08 Å². The number of alkyl halides is 6. The van der Waals surface area contributed by atoms with Crippen molar-refractivity contribution in [3.8, 4) is 0 Å². The predicted molar refractivity (Wildman–Crippen MR) is 97.4 cm³/mol. The van der Waals surface area contributed by atoms with Gasteiger partial charge in [0.25, 0.3) is 0 Å². The Morgan fingerprint density at radius 2 is 1.72 bits per heavy atom. The van der Waals surface area contributed by atoms with Crippen LogP contribution >= 0.6 is 11.3 Å². The standard InChI is InChI=1S/C14H16F3N5O2S.C2HF3O2/c15-14(16,17)12-21-22-13(25-12)20-10(23)4-3-8(7-1-2-7)19-11(24)9-5-6-18-9;3-2(4,5)1(6)7/h3-4,7-9,18H,1-2,5-6H2,(H,19,24)(H,20,22,23);(H,6,7)/t8-,9+;/m1./s1. The van der Waals surface area contributed by atoms with Gasteiger partial charge in [-0.3, -0.25) is 14.9 Å². The lowest BCUT2D eigenvalue weighted by Gasteiger charge is -2.28. The van der Waals surface area contributed by atoms with Crippen LogP contribution < -0.4 is 16.0 Å². The van der Waals surface area contributed by atoms with Crippen LogP contribution in [0.15, 0.2) is 12.2 Å². The number of aromatic nitrogens is 2. The van der Waals surface area contributed by atoms with E-state index in [9.17, 15) is 35.9 Å². The molecular formula is C16H17F6N5O4S. The van der Waals surface area contributed by atoms with E-state index in [-0.39, 0.29) is 40.4 Å². The van der Waals surface area contributed by atoms with E-state index < -0.39 is 29.2 Å². The second-order valence-electron chi connectivity index (χ2n) is 6.73. The topological polar surface area (TPSA) is 133 Å². The van der Waals surface area contributed by atoms with Crippen LogP contribution in [0.3, 0.4) is 0 Å². The highest BCUT2D eigenvalue weighted by Gasteiger charge is 2.38. The summed E-state index contributed by atoms with van der Waals surface area (Å²) in [5, 5.41) is 20.2. The van der Waals surface area contributed by atoms with E-state index in [1.54, 1.807) is 6.08 Å². The molecule has 0 bridgehead atoms. The molecule has 9 nitrogen and oxygen atoms in total. The molecule has 2 fully saturated rings. The molecule has 1 aliphatic carbocycles. The molecule has 2 aliphatic rings. The smallest absolute Gasteiger partial charge is 0.475 e. The first-order valence-corrected chi connectivity index (χ1v) is 9.82. The monoisotopic (exact) mass is 489 g/mol. The Morgan fingerprint density at radius 3 is 2.12 bits per heavy atom. The first-order valence-electron chi connectivity index (χ1n) is 9.01. The summed E-state index contributed by atoms with van der Waals surface area (Å²) in [6.45, 7) is 0.812. The minimum atomic E-state index is -5.08. The van der Waals surface area contributed by atoms with Gasteiger partial charge in [0.2, 0.25) is 22.0 Å². The average molecular weight is 489 g/mol. The van der Waals surface area contributed by atoms with Gasteiger partial charge in [0.05, 0.1) is 12.1 Å². The largest absolute Gasteiger partial charge is 0.490 e. The Labute approximate surface area is 180 Å². The van der Waals surface area contributed by atoms with Crippen molar-refractivity contribution in [1.82, 2.24) is 20.8 Å². The fourth-order valence-electron chi connectivity index (χ4n) is 2.28. The van der Waals surface area contributed by atoms with E-state index in [4.69, 9.17) is 9.90 Å². The molecule has 0 spiro atoms. The molecule has 0 unspecified atom stereocenters. The Kier molecular flexibility index (Phi) is 8.17. The third kappa shape index (κ3) is 8.07. The first kappa shape index (κ1) is 25.5. The zero-order chi connectivity index (χ0) is 24.1. The number of anilines is 1. The maximum atomic E-state index is 12.4. The number of nitrogens with one attached hydrogen (secondary N) is 3. The van der Waals surface area contributed by atoms with Crippen LogP contribution in [0.1, 0.15) is 24.3 Å². The quantitative estimate of drug-likeness (QED) is 0.355. The van der Waals surface area contributed by atoms with Gasteiger partial charge in [-0.05, 0) is 31.7 Å². The SMILES string of the molecule is O=C(C=C[C@@H](NC(=O)[C@@H]1CCN1)C1CC1)Nc1nnc(C(F)(F)F)s1.O=C(O)C(F)(F)F. The number of carboxylic acids is 1. The molecular weight excluding hydrogens is 472 g/mol. The molecule has 1 aromatic rings. The molecule has 1 saturated heterocycles. The second-order valence-corrected chi connectivity index (χ2v) is 7.71. The number of aliphatic carboxylic acids is 1. The molecule has 4 N–H and O–H groups in total. The molecule has 2 atom stereocenters. The summed E-state index contributed by atoms with van der Waals surface area (Å²) in [5.41, 5.74) is 0. The highest BCUT2D eigenvalue weighted by molar-refractivity contribution is 7.15. The predicted octanol–water partition coefficient (Wildman–Crippen LogP) is 1.94. The van der Waals surface area contributed by atoms with Crippen molar-refractivity contribution in [1.29, 1.82) is 0 Å². The summed E-state index contributed by atoms with van der Waals surface area (Å²) >= 11 is 0.255. The molecule has 0 aromatic carbocycles. The van der Waals surface area contributed by atoms with Gasteiger partial charge in [-0.25, -0.2) is 4.79 Å². The Hall–Kier alpha value is -2.75. The van der Waals surface area contributed by atoms with Crippen molar-refractivity contribution in [3.05, 3.63) is 17.2 Å². The fraction of sp³-hybridized carbons (Fsp3) is 0.562. The molecule has 32 heavy (non-hydrogen) atoms. The van der Waals surface area contributed by atoms with Crippen LogP contribution in [0.2, 0.25) is 0 Å². The average Bonchev–Trinajstić information content (AvgIpc) is 3.34. The molecule has 1 saturated carbocycles. The van der Waals surface area contributed by atoms with E-state index in [1.807, 2.05) is 0 Å². The van der Waals surface area contributed by atoms with Gasteiger partial charge in [-0.1, -0.05) is 17.4 Å². The molecule has 16 heteroatoms. The van der Waals surface area contributed by atoms with Crippen LogP contribution in [0, 0.1) is 5.92 Å². The number of nitrogens with zero attached hydrogens (tertiary/aromatic N) is 2. The highest BCUT2D eigenvalue weighted by Crippen LogP contribution is 2.34. The van der Waals surface area contributed by atoms with Crippen molar-refractivity contribution in [2.45, 2.75) is 43.7 Å². The van der Waals surface area contributed by atoms with Crippen molar-refractivity contribution in [3.63, 3.8) is 0 Å². The van der Waals surface area contributed by atoms with Gasteiger partial charge in [-0.15, -0.1) is 10.2 Å². The number of carboxylic acid groups (broad SMARTS) is 1. The van der Waals surface area contributed by atoms with Gasteiger partial charge < -0.3 is 15.7 Å². The van der Waals surface area contributed by atoms with Gasteiger partial charge in [0, 0.05) is 6.08 Å². The molecule has 2 heterocycles. The van der Waals surface area contributed by atoms with Crippen LogP contribution in [-0.4, -0.2) is 57.9 Å². The molecule has 1 aliphatic heterocycles. The molecule has 0 radical (unpaired) electrons. The maximum Gasteiger partial charge on any atom is 0.490 e. The lowest BCUT2D eigenvalue weighted by molar-refractivity contribution is -0.192. The lowest BCUT2D eigenvalue weighted by Crippen LogP contribution is -2.55. The van der Waals surface area contributed by atoms with Crippen molar-refractivity contribution in [2.24, 2.45) is 5.92 Å². The Bertz CT molecular complexity index is 864. The number of rotatable bonds is 6. The van der Waals surface area contributed by atoms with E-state index in [0.29, 0.717) is 0 Å². The van der Waals surface area contributed by atoms with E-state index in [2.05, 4.69) is 26.1 Å². The number of carbonyl (C=O) groups excluding carboxylic acids is 2. The van der Waals surface area contributed by atoms with Crippen LogP contribution in [0.5, 0.6) is 0 Å². The number of carbonyl (C=O) groups is 3. The van der Waals surface area contributed by atoms with Crippen molar-refractivity contribution >= 4 is 34.3 Å². The fourth-order valence-corrected chi connectivity index (χ4v) is 2.90. The molecule has 1 aromatic heterocycles. The van der Waals surface area contributed by atoms with Crippen LogP contribution in [0.25, 0.3) is 0 Å². The third-order valence-corrected chi connectivity index (χ3v) is 5.06. The molecule has 2 amide bonds. The summed E-state index contributed by atoms with van der Waals surface area (Å²) < 4.78 is 69.1. The summed E-state index contributed by atoms with van der Waals surface area (Å²) in [7, 11) is 0. The van der Waals surface area contributed by atoms with Crippen molar-refractivity contribution < 1.29 is 45.8 Å². The summed E-state index contributed by atoms with van der Waals surface area (Å²) in [4.78, 5) is 32.7. The van der Waals surface area contributed by atoms with Crippen LogP contribution in [0.4, 0.5) is 31.5 Å². The van der Waals surface area contributed by atoms with E-state index in [0.717, 1.165) is 25.8 Å². The van der Waals surface area contributed by atoms with Gasteiger partial charge in [0.15, 0.2) is 0 Å². The normalized spacial score (nSPS) is 19.4. The lowest BCUT2D eigenvalue weighted by atomic mass is 10.1. The minimum Gasteiger partial charge on any atom is -0.475 e. The van der Waals surface area contributed by atoms with Gasteiger partial charge in [-0.2, -0.15) is 26.3 Å². The second kappa shape index (κ2) is 10.2. The van der Waals surface area contributed by atoms with Gasteiger partial charge in [0.1, 0.15) is 0 Å². The number of amides is 2. The summed E-state index contributed by atoms with van der Waals surface area (Å²) in [6.07, 6.45) is -4.21. The zero-order valence-electron chi connectivity index (χ0n) is 16.0. The Balaban J connectivity index is 0.000000451.